The smallest absolute Gasteiger partial charge is 0.342 e. The molecule has 0 unspecified atom stereocenters. The summed E-state index contributed by atoms with van der Waals surface area (Å²) in [5.74, 6) is -2.44. The van der Waals surface area contributed by atoms with Crippen LogP contribution in [0.4, 0.5) is 0 Å². The molecule has 0 spiro atoms. The maximum Gasteiger partial charge on any atom is 0.342 e. The van der Waals surface area contributed by atoms with Gasteiger partial charge >= 0.3 is 22.1 Å². The first-order chi connectivity index (χ1) is 7.34. The summed E-state index contributed by atoms with van der Waals surface area (Å²) in [4.78, 5) is 20.8. The number of carbonyl (C=O) groups is 2. The Balaban J connectivity index is 3.33. The number of carboxylic acid groups (broad SMARTS) is 1. The van der Waals surface area contributed by atoms with E-state index in [1.54, 1.807) is 0 Å². The van der Waals surface area contributed by atoms with Gasteiger partial charge in [-0.05, 0) is 12.1 Å². The maximum absolute atomic E-state index is 11.5. The SMILES string of the molecule is CC(=O)OS(=O)(=O)c1ccccc1C(=O)O. The Morgan fingerprint density at radius 2 is 1.81 bits per heavy atom. The summed E-state index contributed by atoms with van der Waals surface area (Å²) >= 11 is 0. The minimum absolute atomic E-state index is 0.441. The third-order valence-corrected chi connectivity index (χ3v) is 2.96. The van der Waals surface area contributed by atoms with Gasteiger partial charge in [0.1, 0.15) is 4.90 Å². The molecule has 0 amide bonds. The first-order valence-electron chi connectivity index (χ1n) is 4.12. The molecule has 1 aromatic carbocycles. The van der Waals surface area contributed by atoms with Gasteiger partial charge in [-0.2, -0.15) is 8.42 Å². The van der Waals surface area contributed by atoms with Gasteiger partial charge < -0.3 is 9.29 Å². The zero-order valence-electron chi connectivity index (χ0n) is 8.21. The van der Waals surface area contributed by atoms with Crippen molar-refractivity contribution >= 4 is 22.1 Å². The highest BCUT2D eigenvalue weighted by Crippen LogP contribution is 2.17. The van der Waals surface area contributed by atoms with E-state index in [2.05, 4.69) is 4.18 Å². The van der Waals surface area contributed by atoms with Crippen LogP contribution < -0.4 is 0 Å². The molecular formula is C9H8O6S. The van der Waals surface area contributed by atoms with Gasteiger partial charge in [0.05, 0.1) is 5.56 Å². The van der Waals surface area contributed by atoms with Crippen LogP contribution in [-0.2, 0) is 19.1 Å². The van der Waals surface area contributed by atoms with Crippen molar-refractivity contribution < 1.29 is 27.3 Å². The van der Waals surface area contributed by atoms with Crippen LogP contribution in [0.15, 0.2) is 29.2 Å². The van der Waals surface area contributed by atoms with Crippen molar-refractivity contribution in [1.29, 1.82) is 0 Å². The van der Waals surface area contributed by atoms with Crippen molar-refractivity contribution in [2.24, 2.45) is 0 Å². The molecule has 0 aliphatic carbocycles. The van der Waals surface area contributed by atoms with Gasteiger partial charge in [-0.25, -0.2) is 4.79 Å². The third kappa shape index (κ3) is 2.57. The van der Waals surface area contributed by atoms with E-state index in [1.165, 1.54) is 12.1 Å². The van der Waals surface area contributed by atoms with E-state index in [1.807, 2.05) is 0 Å². The van der Waals surface area contributed by atoms with Crippen molar-refractivity contribution in [3.8, 4) is 0 Å². The normalized spacial score (nSPS) is 10.8. The van der Waals surface area contributed by atoms with Gasteiger partial charge in [0.15, 0.2) is 0 Å². The van der Waals surface area contributed by atoms with Gasteiger partial charge in [-0.1, -0.05) is 12.1 Å². The lowest BCUT2D eigenvalue weighted by molar-refractivity contribution is -0.131. The first-order valence-corrected chi connectivity index (χ1v) is 5.53. The molecule has 6 nitrogen and oxygen atoms in total. The van der Waals surface area contributed by atoms with E-state index >= 15 is 0 Å². The van der Waals surface area contributed by atoms with Crippen LogP contribution in [0.25, 0.3) is 0 Å². The van der Waals surface area contributed by atoms with Crippen LogP contribution in [0.2, 0.25) is 0 Å². The number of benzene rings is 1. The second-order valence-corrected chi connectivity index (χ2v) is 4.35. The molecule has 0 aliphatic rings. The summed E-state index contributed by atoms with van der Waals surface area (Å²) in [6, 6.07) is 4.87. The second-order valence-electron chi connectivity index (χ2n) is 2.83. The van der Waals surface area contributed by atoms with Crippen LogP contribution in [-0.4, -0.2) is 25.5 Å². The molecule has 0 radical (unpaired) electrons. The van der Waals surface area contributed by atoms with Crippen molar-refractivity contribution in [2.75, 3.05) is 0 Å². The lowest BCUT2D eigenvalue weighted by Crippen LogP contribution is -2.14. The lowest BCUT2D eigenvalue weighted by atomic mass is 10.2. The molecule has 0 atom stereocenters. The summed E-state index contributed by atoms with van der Waals surface area (Å²) in [7, 11) is -4.37. The van der Waals surface area contributed by atoms with Gasteiger partial charge in [-0.15, -0.1) is 0 Å². The largest absolute Gasteiger partial charge is 0.478 e. The Kier molecular flexibility index (Phi) is 3.28. The zero-order chi connectivity index (χ0) is 12.3. The van der Waals surface area contributed by atoms with E-state index in [4.69, 9.17) is 5.11 Å². The molecule has 0 saturated heterocycles. The Hall–Kier alpha value is -1.89. The van der Waals surface area contributed by atoms with E-state index in [0.717, 1.165) is 19.1 Å². The number of hydrogen-bond acceptors (Lipinski definition) is 5. The number of carbonyl (C=O) groups excluding carboxylic acids is 1. The van der Waals surface area contributed by atoms with Crippen LogP contribution in [0, 0.1) is 0 Å². The summed E-state index contributed by atoms with van der Waals surface area (Å²) in [6.45, 7) is 0.918. The van der Waals surface area contributed by atoms with Crippen molar-refractivity contribution in [3.63, 3.8) is 0 Å². The molecule has 0 saturated carbocycles. The molecule has 0 bridgehead atoms. The lowest BCUT2D eigenvalue weighted by Gasteiger charge is -2.05. The number of rotatable bonds is 3. The average molecular weight is 244 g/mol. The average Bonchev–Trinajstić information content (AvgIpc) is 2.15. The first kappa shape index (κ1) is 12.2. The van der Waals surface area contributed by atoms with Crippen molar-refractivity contribution in [2.45, 2.75) is 11.8 Å². The third-order valence-electron chi connectivity index (χ3n) is 1.61. The fraction of sp³-hybridized carbons (Fsp3) is 0.111. The van der Waals surface area contributed by atoms with Gasteiger partial charge in [0.25, 0.3) is 0 Å². The monoisotopic (exact) mass is 244 g/mol. The van der Waals surface area contributed by atoms with Crippen LogP contribution in [0.1, 0.15) is 17.3 Å². The minimum Gasteiger partial charge on any atom is -0.478 e. The summed E-state index contributed by atoms with van der Waals surface area (Å²) in [6.07, 6.45) is 0. The standard InChI is InChI=1S/C9H8O6S/c1-6(10)15-16(13,14)8-5-3-2-4-7(8)9(11)12/h2-5H,1H3,(H,11,12). The zero-order valence-corrected chi connectivity index (χ0v) is 9.02. The van der Waals surface area contributed by atoms with E-state index in [9.17, 15) is 18.0 Å². The Bertz CT molecular complexity index is 531. The highest BCUT2D eigenvalue weighted by atomic mass is 32.2. The fourth-order valence-corrected chi connectivity index (χ4v) is 2.13. The van der Waals surface area contributed by atoms with Crippen molar-refractivity contribution in [1.82, 2.24) is 0 Å². The Labute approximate surface area is 91.6 Å². The van der Waals surface area contributed by atoms with Crippen molar-refractivity contribution in [3.05, 3.63) is 29.8 Å². The molecule has 0 aromatic heterocycles. The van der Waals surface area contributed by atoms with Gasteiger partial charge in [0, 0.05) is 6.92 Å². The summed E-state index contributed by atoms with van der Waals surface area (Å²) in [5, 5.41) is 8.76. The molecular weight excluding hydrogens is 236 g/mol. The molecule has 16 heavy (non-hydrogen) atoms. The number of aromatic carboxylic acids is 1. The minimum atomic E-state index is -4.37. The summed E-state index contributed by atoms with van der Waals surface area (Å²) in [5.41, 5.74) is -0.441. The number of carboxylic acids is 1. The molecule has 1 N–H and O–H groups in total. The highest BCUT2D eigenvalue weighted by Gasteiger charge is 2.24. The van der Waals surface area contributed by atoms with Gasteiger partial charge in [-0.3, -0.25) is 4.79 Å². The topological polar surface area (TPSA) is 97.7 Å². The van der Waals surface area contributed by atoms with E-state index < -0.39 is 32.5 Å². The molecule has 0 aliphatic heterocycles. The second kappa shape index (κ2) is 4.31. The molecule has 1 rings (SSSR count). The summed E-state index contributed by atoms with van der Waals surface area (Å²) < 4.78 is 27.0. The molecule has 1 aromatic rings. The highest BCUT2D eigenvalue weighted by molar-refractivity contribution is 7.87. The van der Waals surface area contributed by atoms with Gasteiger partial charge in [0.2, 0.25) is 0 Å². The molecule has 7 heteroatoms. The fourth-order valence-electron chi connectivity index (χ4n) is 1.06. The van der Waals surface area contributed by atoms with Crippen LogP contribution in [0.5, 0.6) is 0 Å². The van der Waals surface area contributed by atoms with Crippen LogP contribution >= 0.6 is 0 Å². The predicted molar refractivity (Wildman–Crippen MR) is 52.4 cm³/mol. The maximum atomic E-state index is 11.5. The molecule has 0 fully saturated rings. The number of hydrogen-bond donors (Lipinski definition) is 1. The Morgan fingerprint density at radius 3 is 2.31 bits per heavy atom. The molecule has 0 heterocycles. The van der Waals surface area contributed by atoms with E-state index in [-0.39, 0.29) is 0 Å². The predicted octanol–water partition coefficient (Wildman–Crippen LogP) is 0.637. The van der Waals surface area contributed by atoms with E-state index in [0.29, 0.717) is 0 Å². The van der Waals surface area contributed by atoms with Crippen LogP contribution in [0.3, 0.4) is 0 Å². The molecule has 86 valence electrons. The Morgan fingerprint density at radius 1 is 1.25 bits per heavy atom. The quantitative estimate of drug-likeness (QED) is 0.783.